The first-order valence-corrected chi connectivity index (χ1v) is 4.25. The maximum Gasteiger partial charge on any atom is 0.173 e. The molecule has 1 aliphatic rings. The maximum atomic E-state index is 8.74. The lowest BCUT2D eigenvalue weighted by Gasteiger charge is -2.06. The number of rotatable bonds is 2. The molecule has 0 spiro atoms. The topological polar surface area (TPSA) is 45.6 Å². The quantitative estimate of drug-likeness (QED) is 0.715. The van der Waals surface area contributed by atoms with Crippen LogP contribution in [0.15, 0.2) is 12.3 Å². The largest absolute Gasteiger partial charge is 0.469 e. The minimum absolute atomic E-state index is 0.149. The molecule has 2 heterocycles. The van der Waals surface area contributed by atoms with Crippen LogP contribution >= 0.6 is 0 Å². The molecule has 1 N–H and O–H groups in total. The molecule has 0 saturated heterocycles. The van der Waals surface area contributed by atoms with Crippen LogP contribution in [0.2, 0.25) is 0 Å². The van der Waals surface area contributed by atoms with Crippen molar-refractivity contribution in [1.29, 1.82) is 0 Å². The minimum Gasteiger partial charge on any atom is -0.469 e. The molecule has 70 valence electrons. The lowest BCUT2D eigenvalue weighted by molar-refractivity contribution is 0.299. The Kier molecular flexibility index (Phi) is 2.06. The van der Waals surface area contributed by atoms with Crippen LogP contribution in [0.3, 0.4) is 0 Å². The van der Waals surface area contributed by atoms with E-state index in [0.717, 1.165) is 17.1 Å². The van der Waals surface area contributed by atoms with Gasteiger partial charge in [0.05, 0.1) is 0 Å². The van der Waals surface area contributed by atoms with Gasteiger partial charge in [0.15, 0.2) is 18.3 Å². The van der Waals surface area contributed by atoms with E-state index >= 15 is 0 Å². The summed E-state index contributed by atoms with van der Waals surface area (Å²) in [7, 11) is 1.94. The molecule has 0 radical (unpaired) electrons. The Morgan fingerprint density at radius 2 is 2.54 bits per heavy atom. The Labute approximate surface area is 76.8 Å². The molecule has 0 bridgehead atoms. The molecule has 4 heteroatoms. The van der Waals surface area contributed by atoms with Crippen molar-refractivity contribution in [3.05, 3.63) is 17.8 Å². The van der Waals surface area contributed by atoms with Crippen LogP contribution in [0.5, 0.6) is 5.75 Å². The molecule has 0 fully saturated rings. The summed E-state index contributed by atoms with van der Waals surface area (Å²) in [6.07, 6.45) is 2.41. The SMILES string of the molecule is CN1COc2cc(CCO)cnc21. The van der Waals surface area contributed by atoms with Gasteiger partial charge in [-0.15, -0.1) is 0 Å². The van der Waals surface area contributed by atoms with Gasteiger partial charge in [0.25, 0.3) is 0 Å². The number of aliphatic hydroxyl groups excluding tert-OH is 1. The third-order valence-electron chi connectivity index (χ3n) is 2.07. The number of nitrogens with zero attached hydrogens (tertiary/aromatic N) is 2. The van der Waals surface area contributed by atoms with Gasteiger partial charge in [-0.25, -0.2) is 4.98 Å². The van der Waals surface area contributed by atoms with Crippen molar-refractivity contribution in [2.45, 2.75) is 6.42 Å². The fourth-order valence-electron chi connectivity index (χ4n) is 1.36. The molecule has 13 heavy (non-hydrogen) atoms. The Balaban J connectivity index is 2.29. The van der Waals surface area contributed by atoms with E-state index in [0.29, 0.717) is 13.2 Å². The van der Waals surface area contributed by atoms with Gasteiger partial charge in [0, 0.05) is 19.9 Å². The van der Waals surface area contributed by atoms with Crippen LogP contribution in [0.4, 0.5) is 5.82 Å². The second-order valence-electron chi connectivity index (χ2n) is 3.11. The highest BCUT2D eigenvalue weighted by molar-refractivity contribution is 5.55. The van der Waals surface area contributed by atoms with Gasteiger partial charge in [-0.05, 0) is 18.1 Å². The smallest absolute Gasteiger partial charge is 0.173 e. The van der Waals surface area contributed by atoms with Gasteiger partial charge in [-0.3, -0.25) is 0 Å². The van der Waals surface area contributed by atoms with Crippen LogP contribution in [-0.4, -0.2) is 30.5 Å². The van der Waals surface area contributed by atoms with E-state index in [1.165, 1.54) is 0 Å². The number of anilines is 1. The first-order chi connectivity index (χ1) is 6.31. The second-order valence-corrected chi connectivity index (χ2v) is 3.11. The average Bonchev–Trinajstić information content (AvgIpc) is 2.48. The molecule has 1 aromatic rings. The molecule has 0 amide bonds. The van der Waals surface area contributed by atoms with E-state index in [1.807, 2.05) is 18.0 Å². The van der Waals surface area contributed by atoms with Gasteiger partial charge in [0.2, 0.25) is 0 Å². The number of fused-ring (bicyclic) bond motifs is 1. The highest BCUT2D eigenvalue weighted by atomic mass is 16.5. The summed E-state index contributed by atoms with van der Waals surface area (Å²) in [4.78, 5) is 6.19. The monoisotopic (exact) mass is 180 g/mol. The van der Waals surface area contributed by atoms with Crippen molar-refractivity contribution in [2.24, 2.45) is 0 Å². The number of hydrogen-bond acceptors (Lipinski definition) is 4. The van der Waals surface area contributed by atoms with E-state index in [4.69, 9.17) is 9.84 Å². The summed E-state index contributed by atoms with van der Waals surface area (Å²) >= 11 is 0. The molecule has 0 aliphatic carbocycles. The summed E-state index contributed by atoms with van der Waals surface area (Å²) in [6, 6.07) is 1.93. The summed E-state index contributed by atoms with van der Waals surface area (Å²) in [5.41, 5.74) is 1.01. The van der Waals surface area contributed by atoms with E-state index in [2.05, 4.69) is 4.98 Å². The molecule has 0 aromatic carbocycles. The van der Waals surface area contributed by atoms with Gasteiger partial charge < -0.3 is 14.7 Å². The van der Waals surface area contributed by atoms with Crippen molar-refractivity contribution in [3.63, 3.8) is 0 Å². The maximum absolute atomic E-state index is 8.74. The summed E-state index contributed by atoms with van der Waals surface area (Å²) in [5, 5.41) is 8.74. The zero-order valence-corrected chi connectivity index (χ0v) is 7.53. The number of aromatic nitrogens is 1. The molecule has 1 aromatic heterocycles. The minimum atomic E-state index is 0.149. The molecule has 2 rings (SSSR count). The lowest BCUT2D eigenvalue weighted by Crippen LogP contribution is -2.15. The Morgan fingerprint density at radius 1 is 1.69 bits per heavy atom. The summed E-state index contributed by atoms with van der Waals surface area (Å²) in [5.74, 6) is 1.69. The Hall–Kier alpha value is -1.29. The van der Waals surface area contributed by atoms with Gasteiger partial charge in [-0.1, -0.05) is 0 Å². The molecular weight excluding hydrogens is 168 g/mol. The summed E-state index contributed by atoms with van der Waals surface area (Å²) < 4.78 is 5.38. The van der Waals surface area contributed by atoms with Crippen molar-refractivity contribution in [1.82, 2.24) is 4.98 Å². The Bertz CT molecular complexity index is 314. The van der Waals surface area contributed by atoms with Crippen LogP contribution in [0.1, 0.15) is 5.56 Å². The molecule has 0 saturated carbocycles. The van der Waals surface area contributed by atoms with Crippen molar-refractivity contribution < 1.29 is 9.84 Å². The molecule has 0 unspecified atom stereocenters. The van der Waals surface area contributed by atoms with Crippen LogP contribution in [0.25, 0.3) is 0 Å². The fourth-order valence-corrected chi connectivity index (χ4v) is 1.36. The highest BCUT2D eigenvalue weighted by Crippen LogP contribution is 2.30. The number of hydrogen-bond donors (Lipinski definition) is 1. The van der Waals surface area contributed by atoms with Crippen molar-refractivity contribution in [3.8, 4) is 5.75 Å². The zero-order valence-electron chi connectivity index (χ0n) is 7.53. The predicted molar refractivity (Wildman–Crippen MR) is 48.9 cm³/mol. The van der Waals surface area contributed by atoms with Gasteiger partial charge >= 0.3 is 0 Å². The van der Waals surface area contributed by atoms with Gasteiger partial charge in [0.1, 0.15) is 0 Å². The lowest BCUT2D eigenvalue weighted by atomic mass is 10.2. The first-order valence-electron chi connectivity index (χ1n) is 4.25. The van der Waals surface area contributed by atoms with E-state index in [1.54, 1.807) is 6.20 Å². The second kappa shape index (κ2) is 3.22. The standard InChI is InChI=1S/C9H12N2O2/c1-11-6-13-8-4-7(2-3-12)5-10-9(8)11/h4-5,12H,2-3,6H2,1H3. The normalized spacial score (nSPS) is 14.2. The predicted octanol–water partition coefficient (Wildman–Crippen LogP) is 0.402. The van der Waals surface area contributed by atoms with E-state index in [-0.39, 0.29) is 6.61 Å². The average molecular weight is 180 g/mol. The van der Waals surface area contributed by atoms with Gasteiger partial charge in [-0.2, -0.15) is 0 Å². The van der Waals surface area contributed by atoms with Crippen LogP contribution in [-0.2, 0) is 6.42 Å². The number of aliphatic hydroxyl groups is 1. The zero-order chi connectivity index (χ0) is 9.26. The van der Waals surface area contributed by atoms with Crippen LogP contribution < -0.4 is 9.64 Å². The highest BCUT2D eigenvalue weighted by Gasteiger charge is 2.18. The molecule has 0 atom stereocenters. The number of ether oxygens (including phenoxy) is 1. The molecular formula is C9H12N2O2. The fraction of sp³-hybridized carbons (Fsp3) is 0.444. The third-order valence-corrected chi connectivity index (χ3v) is 2.07. The number of pyridine rings is 1. The van der Waals surface area contributed by atoms with Crippen molar-refractivity contribution in [2.75, 3.05) is 25.3 Å². The molecule has 4 nitrogen and oxygen atoms in total. The van der Waals surface area contributed by atoms with Crippen LogP contribution in [0, 0.1) is 0 Å². The summed E-state index contributed by atoms with van der Waals surface area (Å²) in [6.45, 7) is 0.710. The van der Waals surface area contributed by atoms with E-state index < -0.39 is 0 Å². The Morgan fingerprint density at radius 3 is 3.31 bits per heavy atom. The third kappa shape index (κ3) is 1.45. The van der Waals surface area contributed by atoms with E-state index in [9.17, 15) is 0 Å². The molecule has 1 aliphatic heterocycles. The van der Waals surface area contributed by atoms with Crippen molar-refractivity contribution >= 4 is 5.82 Å². The first kappa shape index (κ1) is 8.31.